The van der Waals surface area contributed by atoms with Crippen LogP contribution in [-0.2, 0) is 17.9 Å². The summed E-state index contributed by atoms with van der Waals surface area (Å²) in [5.41, 5.74) is 3.25. The molecule has 0 amide bonds. The van der Waals surface area contributed by atoms with Gasteiger partial charge in [0.25, 0.3) is 0 Å². The molecule has 0 atom stereocenters. The molecule has 0 radical (unpaired) electrons. The van der Waals surface area contributed by atoms with Gasteiger partial charge in [-0.3, -0.25) is 9.88 Å². The molecule has 1 aromatic heterocycles. The molecule has 118 valence electrons. The second-order valence-corrected chi connectivity index (χ2v) is 5.64. The van der Waals surface area contributed by atoms with E-state index >= 15 is 0 Å². The Bertz CT molecular complexity index is 707. The van der Waals surface area contributed by atoms with Crippen molar-refractivity contribution in [3.05, 3.63) is 33.4 Å². The normalized spacial score (nSPS) is 13.5. The van der Waals surface area contributed by atoms with E-state index in [9.17, 15) is 0 Å². The summed E-state index contributed by atoms with van der Waals surface area (Å²) < 4.78 is 5.26. The summed E-state index contributed by atoms with van der Waals surface area (Å²) in [5.74, 6) is 0.596. The number of nitrogens with zero attached hydrogens (tertiary/aromatic N) is 2. The van der Waals surface area contributed by atoms with Crippen molar-refractivity contribution in [1.29, 1.82) is 0 Å². The smallest absolute Gasteiger partial charge is 0.145 e. The first-order chi connectivity index (χ1) is 10.5. The minimum absolute atomic E-state index is 0.361. The van der Waals surface area contributed by atoms with Gasteiger partial charge in [-0.15, -0.1) is 0 Å². The molecule has 1 N–H and O–H groups in total. The van der Waals surface area contributed by atoms with Crippen LogP contribution in [0.4, 0.5) is 0 Å². The second kappa shape index (κ2) is 7.24. The molecule has 5 nitrogen and oxygen atoms in total. The Morgan fingerprint density at radius 2 is 2.09 bits per heavy atom. The number of aldehydes is 1. The summed E-state index contributed by atoms with van der Waals surface area (Å²) in [6.45, 7) is 1.45. The van der Waals surface area contributed by atoms with Crippen molar-refractivity contribution < 1.29 is 14.6 Å². The van der Waals surface area contributed by atoms with Gasteiger partial charge in [0.2, 0.25) is 0 Å². The van der Waals surface area contributed by atoms with Gasteiger partial charge in [-0.1, -0.05) is 23.2 Å². The summed E-state index contributed by atoms with van der Waals surface area (Å²) in [5, 5.41) is 9.42. The average Bonchev–Trinajstić information content (AvgIpc) is 2.91. The predicted octanol–water partition coefficient (Wildman–Crippen LogP) is 2.67. The number of halogens is 2. The Hall–Kier alpha value is -1.40. The molecular formula is C15H16Cl2N2O3. The maximum Gasteiger partial charge on any atom is 0.145 e. The fraction of sp³-hybridized carbons (Fsp3) is 0.333. The van der Waals surface area contributed by atoms with Crippen LogP contribution in [0.3, 0.4) is 0 Å². The number of pyridine rings is 1. The summed E-state index contributed by atoms with van der Waals surface area (Å²) in [6, 6.07) is 1.93. The number of carbonyl (C=O) groups is 1. The van der Waals surface area contributed by atoms with Crippen LogP contribution in [0.2, 0.25) is 10.0 Å². The highest BCUT2D eigenvalue weighted by Crippen LogP contribution is 2.40. The monoisotopic (exact) mass is 342 g/mol. The minimum Gasteiger partial charge on any atom is -0.495 e. The second-order valence-electron chi connectivity index (χ2n) is 4.89. The average molecular weight is 343 g/mol. The number of hydrogen-bond acceptors (Lipinski definition) is 5. The minimum atomic E-state index is -0.361. The van der Waals surface area contributed by atoms with Gasteiger partial charge in [0.05, 0.1) is 24.3 Å². The number of benzene rings is 1. The fourth-order valence-electron chi connectivity index (χ4n) is 2.43. The van der Waals surface area contributed by atoms with E-state index in [1.165, 1.54) is 11.1 Å². The van der Waals surface area contributed by atoms with Crippen LogP contribution < -0.4 is 4.74 Å². The first-order valence-electron chi connectivity index (χ1n) is 6.59. The molecular weight excluding hydrogens is 327 g/mol. The lowest BCUT2D eigenvalue weighted by molar-refractivity contribution is -0.110. The first-order valence-corrected chi connectivity index (χ1v) is 7.34. The highest BCUT2D eigenvalue weighted by molar-refractivity contribution is 6.46. The van der Waals surface area contributed by atoms with Crippen LogP contribution in [-0.4, -0.2) is 42.0 Å². The van der Waals surface area contributed by atoms with Crippen LogP contribution in [0.25, 0.3) is 10.9 Å². The summed E-state index contributed by atoms with van der Waals surface area (Å²) >= 11 is 12.4. The number of fused-ring (bicyclic) bond motifs is 3. The maximum absolute atomic E-state index is 8.92. The number of methoxy groups -OCH3 is 1. The number of aromatic nitrogens is 1. The number of ether oxygens (including phenoxy) is 1. The number of rotatable bonds is 2. The third-order valence-corrected chi connectivity index (χ3v) is 4.21. The predicted molar refractivity (Wildman–Crippen MR) is 86.6 cm³/mol. The van der Waals surface area contributed by atoms with E-state index in [1.807, 2.05) is 12.3 Å². The molecule has 2 aromatic rings. The van der Waals surface area contributed by atoms with Gasteiger partial charge < -0.3 is 14.6 Å². The fourth-order valence-corrected chi connectivity index (χ4v) is 2.90. The Kier molecular flexibility index (Phi) is 5.58. The number of hydrogen-bond donors (Lipinski definition) is 1. The Labute approximate surface area is 138 Å². The van der Waals surface area contributed by atoms with Gasteiger partial charge in [0.1, 0.15) is 17.1 Å². The van der Waals surface area contributed by atoms with Crippen molar-refractivity contribution in [2.24, 2.45) is 0 Å². The van der Waals surface area contributed by atoms with Gasteiger partial charge >= 0.3 is 0 Å². The van der Waals surface area contributed by atoms with E-state index in [4.69, 9.17) is 37.8 Å². The number of aliphatic hydroxyl groups excluding tert-OH is 1. The van der Waals surface area contributed by atoms with Crippen LogP contribution in [0.1, 0.15) is 11.1 Å². The van der Waals surface area contributed by atoms with Crippen molar-refractivity contribution in [2.75, 3.05) is 20.8 Å². The Balaban J connectivity index is 0.000000396. The molecule has 0 spiro atoms. The highest BCUT2D eigenvalue weighted by Gasteiger charge is 2.21. The lowest BCUT2D eigenvalue weighted by Crippen LogP contribution is -2.07. The zero-order valence-corrected chi connectivity index (χ0v) is 13.8. The van der Waals surface area contributed by atoms with Crippen molar-refractivity contribution in [2.45, 2.75) is 13.1 Å². The molecule has 0 saturated heterocycles. The molecule has 1 aliphatic rings. The molecule has 7 heteroatoms. The van der Waals surface area contributed by atoms with Crippen molar-refractivity contribution in [1.82, 2.24) is 9.88 Å². The Morgan fingerprint density at radius 3 is 2.68 bits per heavy atom. The quantitative estimate of drug-likeness (QED) is 0.850. The van der Waals surface area contributed by atoms with Crippen molar-refractivity contribution in [3.8, 4) is 5.75 Å². The summed E-state index contributed by atoms with van der Waals surface area (Å²) in [7, 11) is 3.67. The third-order valence-electron chi connectivity index (χ3n) is 3.37. The number of aliphatic hydroxyl groups is 1. The molecule has 2 heterocycles. The molecule has 0 unspecified atom stereocenters. The molecule has 0 fully saturated rings. The zero-order chi connectivity index (χ0) is 16.3. The van der Waals surface area contributed by atoms with E-state index in [0.29, 0.717) is 22.1 Å². The standard InChI is InChI=1S/C13H12Cl2N2O.C2H4O2/c1-17-5-7-4-16-13-8(9(7)6-17)3-10(18-2)11(14)12(13)15;3-1-2-4/h3-4H,5-6H2,1-2H3;1,4H,2H2. The maximum atomic E-state index is 8.92. The number of carbonyl (C=O) groups excluding carboxylic acids is 1. The lowest BCUT2D eigenvalue weighted by Gasteiger charge is -2.10. The summed E-state index contributed by atoms with van der Waals surface area (Å²) in [6.07, 6.45) is 2.32. The largest absolute Gasteiger partial charge is 0.495 e. The highest BCUT2D eigenvalue weighted by atomic mass is 35.5. The molecule has 0 saturated carbocycles. The molecule has 0 aliphatic carbocycles. The van der Waals surface area contributed by atoms with E-state index < -0.39 is 0 Å². The van der Waals surface area contributed by atoms with E-state index in [1.54, 1.807) is 7.11 Å². The zero-order valence-electron chi connectivity index (χ0n) is 12.3. The third kappa shape index (κ3) is 3.17. The lowest BCUT2D eigenvalue weighted by atomic mass is 10.1. The van der Waals surface area contributed by atoms with Crippen LogP contribution in [0.5, 0.6) is 5.75 Å². The van der Waals surface area contributed by atoms with Crippen LogP contribution in [0.15, 0.2) is 12.3 Å². The SMILES string of the molecule is COc1cc2c3c(cnc2c(Cl)c1Cl)CN(C)C3.O=CCO. The van der Waals surface area contributed by atoms with Gasteiger partial charge in [-0.2, -0.15) is 0 Å². The van der Waals surface area contributed by atoms with E-state index in [-0.39, 0.29) is 6.61 Å². The molecule has 22 heavy (non-hydrogen) atoms. The topological polar surface area (TPSA) is 62.7 Å². The Morgan fingerprint density at radius 1 is 1.41 bits per heavy atom. The summed E-state index contributed by atoms with van der Waals surface area (Å²) in [4.78, 5) is 15.6. The van der Waals surface area contributed by atoms with Crippen molar-refractivity contribution >= 4 is 40.4 Å². The van der Waals surface area contributed by atoms with Gasteiger partial charge in [0.15, 0.2) is 0 Å². The van der Waals surface area contributed by atoms with Gasteiger partial charge in [-0.25, -0.2) is 0 Å². The molecule has 1 aromatic carbocycles. The van der Waals surface area contributed by atoms with Crippen LogP contribution >= 0.6 is 23.2 Å². The van der Waals surface area contributed by atoms with Gasteiger partial charge in [0, 0.05) is 24.7 Å². The van der Waals surface area contributed by atoms with Gasteiger partial charge in [-0.05, 0) is 24.2 Å². The molecule has 1 aliphatic heterocycles. The first kappa shape index (κ1) is 17.0. The van der Waals surface area contributed by atoms with E-state index in [2.05, 4.69) is 16.9 Å². The van der Waals surface area contributed by atoms with E-state index in [0.717, 1.165) is 24.0 Å². The van der Waals surface area contributed by atoms with Crippen LogP contribution in [0, 0.1) is 0 Å². The van der Waals surface area contributed by atoms with Crippen molar-refractivity contribution in [3.63, 3.8) is 0 Å². The molecule has 0 bridgehead atoms. The molecule has 3 rings (SSSR count).